The van der Waals surface area contributed by atoms with Crippen LogP contribution in [0.1, 0.15) is 23.2 Å². The van der Waals surface area contributed by atoms with E-state index in [0.29, 0.717) is 10.0 Å². The number of halogens is 3. The highest BCUT2D eigenvalue weighted by molar-refractivity contribution is 6.31. The summed E-state index contributed by atoms with van der Waals surface area (Å²) in [5.41, 5.74) is 3.63. The first-order valence-corrected chi connectivity index (χ1v) is 10.5. The first-order valence-electron chi connectivity index (χ1n) is 9.72. The van der Waals surface area contributed by atoms with E-state index in [1.807, 2.05) is 64.3 Å². The molecule has 0 amide bonds. The largest absolute Gasteiger partial charge is 0.326 e. The predicted octanol–water partition coefficient (Wildman–Crippen LogP) is 6.54. The lowest BCUT2D eigenvalue weighted by atomic mass is 9.92. The molecule has 2 atom stereocenters. The van der Waals surface area contributed by atoms with Crippen LogP contribution in [-0.2, 0) is 0 Å². The van der Waals surface area contributed by atoms with E-state index >= 15 is 0 Å². The Hall–Kier alpha value is -3.15. The molecule has 0 saturated carbocycles. The molecule has 0 aliphatic carbocycles. The number of imidazole rings is 1. The van der Waals surface area contributed by atoms with Gasteiger partial charge >= 0.3 is 0 Å². The van der Waals surface area contributed by atoms with E-state index in [9.17, 15) is 4.39 Å². The zero-order chi connectivity index (χ0) is 21.4. The van der Waals surface area contributed by atoms with Gasteiger partial charge in [0.2, 0.25) is 0 Å². The lowest BCUT2D eigenvalue weighted by Crippen LogP contribution is -2.28. The van der Waals surface area contributed by atoms with E-state index in [-0.39, 0.29) is 17.9 Å². The SMILES string of the molecule is Fc1ccc(N2N=C(c3ccc(Cl)cc3)[C@H](n3ccnc3)[C@H]2c2ccc(Cl)cc2)cc1. The van der Waals surface area contributed by atoms with Gasteiger partial charge in [0.15, 0.2) is 0 Å². The van der Waals surface area contributed by atoms with Crippen molar-refractivity contribution in [2.24, 2.45) is 5.10 Å². The average Bonchev–Trinajstić information content (AvgIpc) is 3.43. The second-order valence-electron chi connectivity index (χ2n) is 7.26. The van der Waals surface area contributed by atoms with Crippen LogP contribution in [0.2, 0.25) is 10.0 Å². The van der Waals surface area contributed by atoms with E-state index < -0.39 is 0 Å². The molecule has 31 heavy (non-hydrogen) atoms. The Morgan fingerprint density at radius 1 is 0.774 bits per heavy atom. The Morgan fingerprint density at radius 3 is 2.03 bits per heavy atom. The average molecular weight is 451 g/mol. The van der Waals surface area contributed by atoms with Gasteiger partial charge in [-0.25, -0.2) is 9.37 Å². The van der Waals surface area contributed by atoms with Crippen molar-refractivity contribution in [2.75, 3.05) is 5.01 Å². The van der Waals surface area contributed by atoms with Crippen LogP contribution in [0, 0.1) is 5.82 Å². The standard InChI is InChI=1S/C24H17Cl2FN4/c25-18-5-1-16(2-6-18)22-24(30-14-13-28-15-30)23(17-3-7-19(26)8-4-17)31(29-22)21-11-9-20(27)10-12-21/h1-15,23-24H/t23-,24+/m1/s1. The molecule has 4 aromatic rings. The van der Waals surface area contributed by atoms with Gasteiger partial charge < -0.3 is 4.57 Å². The minimum atomic E-state index is -0.293. The lowest BCUT2D eigenvalue weighted by molar-refractivity contribution is 0.526. The topological polar surface area (TPSA) is 33.4 Å². The van der Waals surface area contributed by atoms with Crippen molar-refractivity contribution in [3.63, 3.8) is 0 Å². The Labute approximate surface area is 189 Å². The fourth-order valence-corrected chi connectivity index (χ4v) is 4.16. The summed E-state index contributed by atoms with van der Waals surface area (Å²) in [6, 6.07) is 21.3. The molecule has 0 radical (unpaired) electrons. The summed E-state index contributed by atoms with van der Waals surface area (Å²) in [5, 5.41) is 8.26. The van der Waals surface area contributed by atoms with Crippen LogP contribution in [-0.4, -0.2) is 15.3 Å². The van der Waals surface area contributed by atoms with Crippen LogP contribution in [0.4, 0.5) is 10.1 Å². The minimum Gasteiger partial charge on any atom is -0.326 e. The first kappa shape index (κ1) is 19.8. The summed E-state index contributed by atoms with van der Waals surface area (Å²) in [5.74, 6) is -0.293. The highest BCUT2D eigenvalue weighted by Crippen LogP contribution is 2.43. The maximum atomic E-state index is 13.6. The summed E-state index contributed by atoms with van der Waals surface area (Å²) < 4.78 is 15.7. The van der Waals surface area contributed by atoms with Crippen LogP contribution in [0.3, 0.4) is 0 Å². The second-order valence-corrected chi connectivity index (χ2v) is 8.14. The highest BCUT2D eigenvalue weighted by Gasteiger charge is 2.40. The van der Waals surface area contributed by atoms with Crippen molar-refractivity contribution < 1.29 is 4.39 Å². The number of nitrogens with zero attached hydrogens (tertiary/aromatic N) is 4. The zero-order valence-electron chi connectivity index (χ0n) is 16.2. The van der Waals surface area contributed by atoms with Gasteiger partial charge in [0.25, 0.3) is 0 Å². The first-order chi connectivity index (χ1) is 15.1. The molecular weight excluding hydrogens is 434 g/mol. The number of benzene rings is 3. The van der Waals surface area contributed by atoms with Gasteiger partial charge in [-0.2, -0.15) is 5.10 Å². The Balaban J connectivity index is 1.70. The zero-order valence-corrected chi connectivity index (χ0v) is 17.7. The predicted molar refractivity (Wildman–Crippen MR) is 122 cm³/mol. The van der Waals surface area contributed by atoms with Crippen molar-refractivity contribution in [3.05, 3.63) is 119 Å². The Kier molecular flexibility index (Phi) is 5.22. The van der Waals surface area contributed by atoms with E-state index in [1.54, 1.807) is 24.7 Å². The molecule has 0 spiro atoms. The fourth-order valence-electron chi connectivity index (χ4n) is 3.90. The molecule has 0 N–H and O–H groups in total. The van der Waals surface area contributed by atoms with Crippen LogP contribution in [0.25, 0.3) is 0 Å². The summed E-state index contributed by atoms with van der Waals surface area (Å²) in [7, 11) is 0. The quantitative estimate of drug-likeness (QED) is 0.353. The van der Waals surface area contributed by atoms with Gasteiger partial charge in [-0.05, 0) is 54.1 Å². The Bertz CT molecular complexity index is 1200. The third kappa shape index (κ3) is 3.82. The minimum absolute atomic E-state index is 0.171. The number of anilines is 1. The van der Waals surface area contributed by atoms with Crippen molar-refractivity contribution in [1.82, 2.24) is 9.55 Å². The van der Waals surface area contributed by atoms with Crippen molar-refractivity contribution in [1.29, 1.82) is 0 Å². The van der Waals surface area contributed by atoms with Crippen LogP contribution in [0.15, 0.2) is 96.6 Å². The number of hydrazone groups is 1. The molecule has 154 valence electrons. The third-order valence-corrected chi connectivity index (χ3v) is 5.85. The van der Waals surface area contributed by atoms with Gasteiger partial charge in [0.1, 0.15) is 17.9 Å². The molecule has 0 saturated heterocycles. The van der Waals surface area contributed by atoms with E-state index in [0.717, 1.165) is 22.5 Å². The summed E-state index contributed by atoms with van der Waals surface area (Å²) in [4.78, 5) is 4.26. The summed E-state index contributed by atoms with van der Waals surface area (Å²) in [6.07, 6.45) is 5.46. The molecule has 0 bridgehead atoms. The summed E-state index contributed by atoms with van der Waals surface area (Å²) >= 11 is 12.3. The molecular formula is C24H17Cl2FN4. The van der Waals surface area contributed by atoms with Gasteiger partial charge in [-0.3, -0.25) is 5.01 Å². The summed E-state index contributed by atoms with van der Waals surface area (Å²) in [6.45, 7) is 0. The molecule has 3 aromatic carbocycles. The molecule has 1 aliphatic rings. The molecule has 7 heteroatoms. The number of rotatable bonds is 4. The Morgan fingerprint density at radius 2 is 1.42 bits per heavy atom. The highest BCUT2D eigenvalue weighted by atomic mass is 35.5. The number of hydrogen-bond acceptors (Lipinski definition) is 3. The molecule has 2 heterocycles. The second kappa shape index (κ2) is 8.17. The normalized spacial score (nSPS) is 18.3. The van der Waals surface area contributed by atoms with Gasteiger partial charge in [-0.1, -0.05) is 47.5 Å². The van der Waals surface area contributed by atoms with Gasteiger partial charge in [0.05, 0.1) is 17.7 Å². The molecule has 1 aromatic heterocycles. The molecule has 5 rings (SSSR count). The van der Waals surface area contributed by atoms with Crippen LogP contribution in [0.5, 0.6) is 0 Å². The maximum Gasteiger partial charge on any atom is 0.123 e. The fraction of sp³-hybridized carbons (Fsp3) is 0.0833. The van der Waals surface area contributed by atoms with E-state index in [2.05, 4.69) is 4.98 Å². The number of hydrogen-bond donors (Lipinski definition) is 0. The molecule has 4 nitrogen and oxygen atoms in total. The van der Waals surface area contributed by atoms with E-state index in [4.69, 9.17) is 28.3 Å². The van der Waals surface area contributed by atoms with Crippen molar-refractivity contribution in [2.45, 2.75) is 12.1 Å². The van der Waals surface area contributed by atoms with Crippen LogP contribution >= 0.6 is 23.2 Å². The molecule has 0 unspecified atom stereocenters. The van der Waals surface area contributed by atoms with E-state index in [1.165, 1.54) is 12.1 Å². The smallest absolute Gasteiger partial charge is 0.123 e. The number of aromatic nitrogens is 2. The van der Waals surface area contributed by atoms with Crippen molar-refractivity contribution in [3.8, 4) is 0 Å². The third-order valence-electron chi connectivity index (χ3n) is 5.35. The van der Waals surface area contributed by atoms with Gasteiger partial charge in [-0.15, -0.1) is 0 Å². The maximum absolute atomic E-state index is 13.6. The lowest BCUT2D eigenvalue weighted by Gasteiger charge is -2.29. The molecule has 0 fully saturated rings. The molecule has 1 aliphatic heterocycles. The van der Waals surface area contributed by atoms with Gasteiger partial charge in [0, 0.05) is 28.0 Å². The monoisotopic (exact) mass is 450 g/mol. The van der Waals surface area contributed by atoms with Crippen molar-refractivity contribution >= 4 is 34.6 Å². The van der Waals surface area contributed by atoms with Crippen LogP contribution < -0.4 is 5.01 Å².